The maximum Gasteiger partial charge on any atom is 0.348 e. The molecule has 9 heteroatoms. The molecule has 172 valence electrons. The van der Waals surface area contributed by atoms with Crippen molar-refractivity contribution in [3.8, 4) is 0 Å². The Bertz CT molecular complexity index is 1250. The highest BCUT2D eigenvalue weighted by Gasteiger charge is 2.24. The van der Waals surface area contributed by atoms with Crippen LogP contribution in [0.15, 0.2) is 15.7 Å². The van der Waals surface area contributed by atoms with Crippen LogP contribution in [0, 0.1) is 5.92 Å². The summed E-state index contributed by atoms with van der Waals surface area (Å²) in [5, 5.41) is 0. The Morgan fingerprint density at radius 3 is 2.81 bits per heavy atom. The zero-order chi connectivity index (χ0) is 22.8. The number of imidazole rings is 1. The van der Waals surface area contributed by atoms with Crippen LogP contribution in [-0.4, -0.2) is 25.1 Å². The van der Waals surface area contributed by atoms with Gasteiger partial charge in [-0.15, -0.1) is 11.3 Å². The first kappa shape index (κ1) is 22.5. The number of aromatic nitrogens is 4. The summed E-state index contributed by atoms with van der Waals surface area (Å²) in [6.45, 7) is 7.04. The number of carbonyl (C=O) groups is 1. The maximum absolute atomic E-state index is 12.8. The Morgan fingerprint density at radius 1 is 1.28 bits per heavy atom. The van der Waals surface area contributed by atoms with Gasteiger partial charge in [0.1, 0.15) is 17.3 Å². The summed E-state index contributed by atoms with van der Waals surface area (Å²) in [5.74, 6) is 0.780. The second kappa shape index (κ2) is 9.44. The summed E-state index contributed by atoms with van der Waals surface area (Å²) in [6.07, 6.45) is 6.09. The average molecular weight is 459 g/mol. The van der Waals surface area contributed by atoms with Crippen molar-refractivity contribution in [1.82, 2.24) is 19.1 Å². The van der Waals surface area contributed by atoms with Crippen LogP contribution in [0.3, 0.4) is 0 Å². The van der Waals surface area contributed by atoms with Gasteiger partial charge in [0.25, 0.3) is 5.56 Å². The molecule has 3 aromatic rings. The van der Waals surface area contributed by atoms with Crippen LogP contribution in [0.4, 0.5) is 0 Å². The quantitative estimate of drug-likeness (QED) is 0.520. The van der Waals surface area contributed by atoms with Crippen LogP contribution in [0.2, 0.25) is 0 Å². The highest BCUT2D eigenvalue weighted by Crippen LogP contribution is 2.34. The minimum Gasteiger partial charge on any atom is -0.453 e. The maximum atomic E-state index is 12.8. The van der Waals surface area contributed by atoms with Crippen molar-refractivity contribution in [2.24, 2.45) is 5.92 Å². The van der Waals surface area contributed by atoms with Crippen LogP contribution in [-0.2, 0) is 37.3 Å². The van der Waals surface area contributed by atoms with Gasteiger partial charge in [0, 0.05) is 18.0 Å². The van der Waals surface area contributed by atoms with E-state index in [0.717, 1.165) is 32.1 Å². The first-order chi connectivity index (χ1) is 15.5. The van der Waals surface area contributed by atoms with Crippen molar-refractivity contribution >= 4 is 28.5 Å². The number of nitrogens with one attached hydrogen (secondary N) is 1. The molecule has 3 aromatic heterocycles. The lowest BCUT2D eigenvalue weighted by Gasteiger charge is -2.19. The molecule has 1 aliphatic rings. The molecular weight excluding hydrogens is 428 g/mol. The fourth-order valence-electron chi connectivity index (χ4n) is 4.44. The van der Waals surface area contributed by atoms with E-state index in [9.17, 15) is 14.4 Å². The molecule has 1 aliphatic carbocycles. The van der Waals surface area contributed by atoms with Crippen molar-refractivity contribution < 1.29 is 9.53 Å². The van der Waals surface area contributed by atoms with E-state index < -0.39 is 11.2 Å². The summed E-state index contributed by atoms with van der Waals surface area (Å²) in [5.41, 5.74) is 1.02. The third-order valence-electron chi connectivity index (χ3n) is 6.31. The van der Waals surface area contributed by atoms with Gasteiger partial charge in [-0.1, -0.05) is 26.7 Å². The molecule has 0 spiro atoms. The molecular formula is C23H30N4O4S. The highest BCUT2D eigenvalue weighted by molar-refractivity contribution is 7.14. The molecule has 0 amide bonds. The van der Waals surface area contributed by atoms with Crippen molar-refractivity contribution in [1.29, 1.82) is 0 Å². The molecule has 3 heterocycles. The molecule has 0 bridgehead atoms. The molecule has 32 heavy (non-hydrogen) atoms. The lowest BCUT2D eigenvalue weighted by atomic mass is 9.87. The van der Waals surface area contributed by atoms with E-state index in [-0.39, 0.29) is 12.6 Å². The molecule has 0 aromatic carbocycles. The minimum absolute atomic E-state index is 0.0527. The SMILES string of the molecule is CCCCn1c(=O)[nH]c(=O)c2c1nc(COC(=O)c1cc3c(s1)CC[C@H](CC)C3)n2CC. The lowest BCUT2D eigenvalue weighted by molar-refractivity contribution is 0.0464. The van der Waals surface area contributed by atoms with E-state index in [4.69, 9.17) is 4.74 Å². The Kier molecular flexibility index (Phi) is 6.64. The number of aromatic amines is 1. The normalized spacial score (nSPS) is 15.8. The number of thiophene rings is 1. The number of H-pyrrole nitrogens is 1. The van der Waals surface area contributed by atoms with Gasteiger partial charge in [-0.05, 0) is 50.2 Å². The summed E-state index contributed by atoms with van der Waals surface area (Å²) >= 11 is 1.52. The monoisotopic (exact) mass is 458 g/mol. The number of carbonyl (C=O) groups excluding carboxylic acids is 1. The van der Waals surface area contributed by atoms with Gasteiger partial charge in [0.15, 0.2) is 11.2 Å². The largest absolute Gasteiger partial charge is 0.453 e. The number of rotatable bonds is 8. The number of ether oxygens (including phenoxy) is 1. The van der Waals surface area contributed by atoms with E-state index in [0.29, 0.717) is 40.9 Å². The molecule has 0 aliphatic heterocycles. The number of hydrogen-bond donors (Lipinski definition) is 1. The fraction of sp³-hybridized carbons (Fsp3) is 0.565. The fourth-order valence-corrected chi connectivity index (χ4v) is 5.54. The van der Waals surface area contributed by atoms with Gasteiger partial charge in [-0.25, -0.2) is 14.6 Å². The van der Waals surface area contributed by atoms with E-state index >= 15 is 0 Å². The summed E-state index contributed by atoms with van der Waals surface area (Å²) in [7, 11) is 0. The number of fused-ring (bicyclic) bond motifs is 2. The molecule has 8 nitrogen and oxygen atoms in total. The molecule has 1 N–H and O–H groups in total. The van der Waals surface area contributed by atoms with Crippen molar-refractivity contribution in [3.63, 3.8) is 0 Å². The van der Waals surface area contributed by atoms with Gasteiger partial charge < -0.3 is 9.30 Å². The third kappa shape index (κ3) is 4.18. The minimum atomic E-state index is -0.471. The van der Waals surface area contributed by atoms with Crippen LogP contribution < -0.4 is 11.2 Å². The van der Waals surface area contributed by atoms with Crippen molar-refractivity contribution in [2.45, 2.75) is 79.0 Å². The standard InChI is InChI=1S/C23H30N4O4S/c1-4-7-10-27-20-19(21(28)25-23(27)30)26(6-3)18(24-20)13-31-22(29)17-12-15-11-14(5-2)8-9-16(15)32-17/h12,14H,4-11,13H2,1-3H3,(H,25,28,30)/t14-/m0/s1. The molecule has 0 saturated heterocycles. The molecule has 0 fully saturated rings. The van der Waals surface area contributed by atoms with Gasteiger partial charge in [-0.2, -0.15) is 0 Å². The number of unbranched alkanes of at least 4 members (excludes halogenated alkanes) is 1. The lowest BCUT2D eigenvalue weighted by Crippen LogP contribution is -2.31. The third-order valence-corrected chi connectivity index (χ3v) is 7.53. The number of esters is 1. The summed E-state index contributed by atoms with van der Waals surface area (Å²) in [6, 6.07) is 1.97. The molecule has 1 atom stereocenters. The number of aryl methyl sites for hydroxylation is 3. The van der Waals surface area contributed by atoms with Crippen LogP contribution in [0.1, 0.15) is 72.4 Å². The van der Waals surface area contributed by atoms with Crippen LogP contribution >= 0.6 is 11.3 Å². The summed E-state index contributed by atoms with van der Waals surface area (Å²) in [4.78, 5) is 46.4. The topological polar surface area (TPSA) is 99.0 Å². The van der Waals surface area contributed by atoms with Crippen molar-refractivity contribution in [2.75, 3.05) is 0 Å². The second-order valence-electron chi connectivity index (χ2n) is 8.36. The van der Waals surface area contributed by atoms with Gasteiger partial charge in [0.2, 0.25) is 0 Å². The van der Waals surface area contributed by atoms with E-state index in [1.54, 1.807) is 4.57 Å². The zero-order valence-electron chi connectivity index (χ0n) is 18.9. The average Bonchev–Trinajstić information content (AvgIpc) is 3.38. The van der Waals surface area contributed by atoms with Crippen LogP contribution in [0.25, 0.3) is 11.2 Å². The molecule has 4 rings (SSSR count). The first-order valence-corrected chi connectivity index (χ1v) is 12.3. The predicted octanol–water partition coefficient (Wildman–Crippen LogP) is 3.64. The van der Waals surface area contributed by atoms with E-state index in [1.165, 1.54) is 32.8 Å². The van der Waals surface area contributed by atoms with Gasteiger partial charge in [0.05, 0.1) is 0 Å². The van der Waals surface area contributed by atoms with Gasteiger partial charge in [-0.3, -0.25) is 14.3 Å². The zero-order valence-corrected chi connectivity index (χ0v) is 19.7. The smallest absolute Gasteiger partial charge is 0.348 e. The van der Waals surface area contributed by atoms with E-state index in [2.05, 4.69) is 16.9 Å². The molecule has 0 radical (unpaired) electrons. The molecule has 0 saturated carbocycles. The predicted molar refractivity (Wildman–Crippen MR) is 124 cm³/mol. The van der Waals surface area contributed by atoms with E-state index in [1.807, 2.05) is 19.9 Å². The second-order valence-corrected chi connectivity index (χ2v) is 9.50. The number of hydrogen-bond acceptors (Lipinski definition) is 6. The Balaban J connectivity index is 1.59. The van der Waals surface area contributed by atoms with Crippen LogP contribution in [0.5, 0.6) is 0 Å². The Hall–Kier alpha value is -2.68. The van der Waals surface area contributed by atoms with Crippen molar-refractivity contribution in [3.05, 3.63) is 48.0 Å². The Labute approximate surface area is 190 Å². The number of nitrogens with zero attached hydrogens (tertiary/aromatic N) is 3. The van der Waals surface area contributed by atoms with Gasteiger partial charge >= 0.3 is 11.7 Å². The first-order valence-electron chi connectivity index (χ1n) is 11.5. The summed E-state index contributed by atoms with van der Waals surface area (Å²) < 4.78 is 8.81. The molecule has 0 unspecified atom stereocenters. The highest BCUT2D eigenvalue weighted by atomic mass is 32.1. The Morgan fingerprint density at radius 2 is 2.09 bits per heavy atom.